The van der Waals surface area contributed by atoms with E-state index in [1.165, 1.54) is 0 Å². The van der Waals surface area contributed by atoms with Gasteiger partial charge in [-0.15, -0.1) is 0 Å². The molecule has 2 N–H and O–H groups in total. The number of benzene rings is 2. The number of fused-ring (bicyclic) bond motifs is 1. The number of nitrogens with one attached hydrogen (secondary N) is 2. The van der Waals surface area contributed by atoms with E-state index in [2.05, 4.69) is 37.6 Å². The number of nitrogens with zero attached hydrogens (tertiary/aromatic N) is 3. The highest BCUT2D eigenvalue weighted by Crippen LogP contribution is 2.38. The second kappa shape index (κ2) is 8.18. The van der Waals surface area contributed by atoms with Gasteiger partial charge in [-0.25, -0.2) is 4.98 Å². The number of anilines is 1. The molecule has 1 aliphatic rings. The van der Waals surface area contributed by atoms with Crippen molar-refractivity contribution in [3.8, 4) is 5.88 Å². The SMILES string of the molecule is Cc1nccnc1O[C@H]1C[C@@H](c2cc(NC(=O)Cc3cccc4ccccc34)n[nH]2)C1. The van der Waals surface area contributed by atoms with Crippen molar-refractivity contribution in [3.63, 3.8) is 0 Å². The van der Waals surface area contributed by atoms with Crippen molar-refractivity contribution in [1.29, 1.82) is 0 Å². The molecule has 1 saturated carbocycles. The van der Waals surface area contributed by atoms with Gasteiger partial charge < -0.3 is 10.1 Å². The van der Waals surface area contributed by atoms with E-state index in [0.29, 0.717) is 24.0 Å². The molecule has 0 radical (unpaired) electrons. The van der Waals surface area contributed by atoms with Crippen LogP contribution in [0, 0.1) is 6.92 Å². The normalized spacial score (nSPS) is 17.8. The third-order valence-corrected chi connectivity index (χ3v) is 5.75. The molecule has 1 aliphatic carbocycles. The first-order chi connectivity index (χ1) is 15.2. The highest BCUT2D eigenvalue weighted by molar-refractivity contribution is 5.95. The topological polar surface area (TPSA) is 92.8 Å². The number of rotatable bonds is 6. The van der Waals surface area contributed by atoms with Gasteiger partial charge in [-0.2, -0.15) is 5.10 Å². The molecule has 0 aliphatic heterocycles. The van der Waals surface area contributed by atoms with Crippen LogP contribution in [0.25, 0.3) is 10.8 Å². The largest absolute Gasteiger partial charge is 0.473 e. The summed E-state index contributed by atoms with van der Waals surface area (Å²) >= 11 is 0. The Morgan fingerprint density at radius 3 is 2.81 bits per heavy atom. The van der Waals surface area contributed by atoms with E-state index in [1.807, 2.05) is 43.3 Å². The molecular formula is C24H23N5O2. The lowest BCUT2D eigenvalue weighted by atomic mass is 9.80. The van der Waals surface area contributed by atoms with E-state index in [0.717, 1.165) is 40.6 Å². The zero-order valence-corrected chi connectivity index (χ0v) is 17.2. The summed E-state index contributed by atoms with van der Waals surface area (Å²) in [5.41, 5.74) is 2.81. The van der Waals surface area contributed by atoms with Gasteiger partial charge in [0, 0.05) is 30.1 Å². The van der Waals surface area contributed by atoms with E-state index in [1.54, 1.807) is 12.4 Å². The van der Waals surface area contributed by atoms with Crippen LogP contribution in [0.5, 0.6) is 5.88 Å². The summed E-state index contributed by atoms with van der Waals surface area (Å²) in [5, 5.41) is 12.5. The minimum atomic E-state index is -0.0812. The van der Waals surface area contributed by atoms with Crippen LogP contribution in [-0.4, -0.2) is 32.2 Å². The molecule has 0 spiro atoms. The molecule has 31 heavy (non-hydrogen) atoms. The summed E-state index contributed by atoms with van der Waals surface area (Å²) < 4.78 is 5.93. The first kappa shape index (κ1) is 19.2. The lowest BCUT2D eigenvalue weighted by Crippen LogP contribution is -2.33. The second-order valence-corrected chi connectivity index (χ2v) is 7.93. The van der Waals surface area contributed by atoms with Gasteiger partial charge in [-0.3, -0.25) is 14.9 Å². The molecule has 0 saturated heterocycles. The van der Waals surface area contributed by atoms with Crippen LogP contribution in [0.2, 0.25) is 0 Å². The summed E-state index contributed by atoms with van der Waals surface area (Å²) in [7, 11) is 0. The molecule has 5 rings (SSSR count). The fraction of sp³-hybridized carbons (Fsp3) is 0.250. The molecule has 4 aromatic rings. The van der Waals surface area contributed by atoms with Gasteiger partial charge in [-0.05, 0) is 36.1 Å². The highest BCUT2D eigenvalue weighted by Gasteiger charge is 2.34. The number of aromatic nitrogens is 4. The van der Waals surface area contributed by atoms with Gasteiger partial charge in [0.2, 0.25) is 11.8 Å². The van der Waals surface area contributed by atoms with Crippen molar-refractivity contribution in [2.75, 3.05) is 5.32 Å². The zero-order chi connectivity index (χ0) is 21.2. The van der Waals surface area contributed by atoms with Crippen molar-refractivity contribution in [3.05, 3.63) is 77.9 Å². The van der Waals surface area contributed by atoms with Crippen molar-refractivity contribution in [2.24, 2.45) is 0 Å². The Morgan fingerprint density at radius 2 is 1.94 bits per heavy atom. The first-order valence-corrected chi connectivity index (χ1v) is 10.4. The monoisotopic (exact) mass is 413 g/mol. The Kier molecular flexibility index (Phi) is 5.08. The predicted molar refractivity (Wildman–Crippen MR) is 118 cm³/mol. The molecule has 2 aromatic heterocycles. The van der Waals surface area contributed by atoms with Gasteiger partial charge in [0.1, 0.15) is 6.10 Å². The molecule has 0 bridgehead atoms. The van der Waals surface area contributed by atoms with Crippen LogP contribution in [-0.2, 0) is 11.2 Å². The lowest BCUT2D eigenvalue weighted by Gasteiger charge is -2.34. The zero-order valence-electron chi connectivity index (χ0n) is 17.2. The van der Waals surface area contributed by atoms with Gasteiger partial charge in [0.25, 0.3) is 0 Å². The minimum absolute atomic E-state index is 0.0812. The minimum Gasteiger partial charge on any atom is -0.473 e. The van der Waals surface area contributed by atoms with Crippen molar-refractivity contribution >= 4 is 22.5 Å². The number of aromatic amines is 1. The Hall–Kier alpha value is -3.74. The van der Waals surface area contributed by atoms with E-state index < -0.39 is 0 Å². The number of hydrogen-bond donors (Lipinski definition) is 2. The van der Waals surface area contributed by atoms with E-state index in [9.17, 15) is 4.79 Å². The van der Waals surface area contributed by atoms with E-state index >= 15 is 0 Å². The second-order valence-electron chi connectivity index (χ2n) is 7.93. The van der Waals surface area contributed by atoms with Crippen LogP contribution in [0.15, 0.2) is 60.9 Å². The average Bonchev–Trinajstić information content (AvgIpc) is 3.19. The Balaban J connectivity index is 1.17. The van der Waals surface area contributed by atoms with Gasteiger partial charge in [0.15, 0.2) is 5.82 Å². The van der Waals surface area contributed by atoms with Crippen LogP contribution >= 0.6 is 0 Å². The Bertz CT molecular complexity index is 1220. The summed E-state index contributed by atoms with van der Waals surface area (Å²) in [4.78, 5) is 21.0. The number of hydrogen-bond acceptors (Lipinski definition) is 5. The summed E-state index contributed by atoms with van der Waals surface area (Å²) in [6, 6.07) is 16.0. The standard InChI is InChI=1S/C24H23N5O2/c1-15-24(26-10-9-25-15)31-19-11-18(12-19)21-14-22(29-28-21)27-23(30)13-17-7-4-6-16-5-2-3-8-20(16)17/h2-10,14,18-19H,11-13H2,1H3,(H2,27,28,29,30)/t18-,19+. The maximum absolute atomic E-state index is 12.6. The molecule has 1 fully saturated rings. The van der Waals surface area contributed by atoms with Crippen LogP contribution < -0.4 is 10.1 Å². The van der Waals surface area contributed by atoms with Gasteiger partial charge in [-0.1, -0.05) is 42.5 Å². The number of ether oxygens (including phenoxy) is 1. The Labute approximate surface area is 179 Å². The fourth-order valence-electron chi connectivity index (χ4n) is 4.00. The molecule has 7 nitrogen and oxygen atoms in total. The molecule has 7 heteroatoms. The number of H-pyrrole nitrogens is 1. The van der Waals surface area contributed by atoms with E-state index in [4.69, 9.17) is 4.74 Å². The van der Waals surface area contributed by atoms with Crippen molar-refractivity contribution in [2.45, 2.75) is 38.2 Å². The number of carbonyl (C=O) groups excluding carboxylic acids is 1. The van der Waals surface area contributed by atoms with Crippen LogP contribution in [0.4, 0.5) is 5.82 Å². The van der Waals surface area contributed by atoms with Crippen LogP contribution in [0.3, 0.4) is 0 Å². The molecule has 2 heterocycles. The number of aryl methyl sites for hydroxylation is 1. The van der Waals surface area contributed by atoms with Gasteiger partial charge in [0.05, 0.1) is 12.1 Å². The molecule has 1 amide bonds. The highest BCUT2D eigenvalue weighted by atomic mass is 16.5. The number of amides is 1. The molecule has 156 valence electrons. The predicted octanol–water partition coefficient (Wildman–Crippen LogP) is 4.17. The smallest absolute Gasteiger partial charge is 0.235 e. The Morgan fingerprint density at radius 1 is 1.13 bits per heavy atom. The summed E-state index contributed by atoms with van der Waals surface area (Å²) in [6.45, 7) is 1.89. The molecular weight excluding hydrogens is 390 g/mol. The maximum Gasteiger partial charge on any atom is 0.235 e. The lowest BCUT2D eigenvalue weighted by molar-refractivity contribution is -0.115. The summed E-state index contributed by atoms with van der Waals surface area (Å²) in [6.07, 6.45) is 5.48. The third-order valence-electron chi connectivity index (χ3n) is 5.75. The quantitative estimate of drug-likeness (QED) is 0.495. The molecule has 2 aromatic carbocycles. The summed E-state index contributed by atoms with van der Waals surface area (Å²) in [5.74, 6) is 1.40. The average molecular weight is 413 g/mol. The van der Waals surface area contributed by atoms with Crippen molar-refractivity contribution < 1.29 is 9.53 Å². The fourth-order valence-corrected chi connectivity index (χ4v) is 4.00. The van der Waals surface area contributed by atoms with Crippen LogP contribution in [0.1, 0.15) is 35.7 Å². The molecule has 0 unspecified atom stereocenters. The molecule has 0 atom stereocenters. The third kappa shape index (κ3) is 4.12. The van der Waals surface area contributed by atoms with Gasteiger partial charge >= 0.3 is 0 Å². The first-order valence-electron chi connectivity index (χ1n) is 10.4. The van der Waals surface area contributed by atoms with E-state index in [-0.39, 0.29) is 12.0 Å². The maximum atomic E-state index is 12.6. The number of carbonyl (C=O) groups is 1. The van der Waals surface area contributed by atoms with Crippen molar-refractivity contribution in [1.82, 2.24) is 20.2 Å².